The summed E-state index contributed by atoms with van der Waals surface area (Å²) in [4.78, 5) is 20.1. The molecule has 0 radical (unpaired) electrons. The van der Waals surface area contributed by atoms with Gasteiger partial charge in [0.1, 0.15) is 0 Å². The third-order valence-electron chi connectivity index (χ3n) is 3.86. The number of aliphatic imine (C=N–C) groups is 1. The second kappa shape index (κ2) is 12.8. The Morgan fingerprint density at radius 3 is 2.42 bits per heavy atom. The zero-order valence-corrected chi connectivity index (χ0v) is 18.2. The molecule has 0 aromatic heterocycles. The summed E-state index contributed by atoms with van der Waals surface area (Å²) in [5.74, 6) is -1.09. The fourth-order valence-corrected chi connectivity index (χ4v) is 2.45. The maximum atomic E-state index is 13.7. The second-order valence-corrected chi connectivity index (χ2v) is 5.62. The Morgan fingerprint density at radius 1 is 1.19 bits per heavy atom. The molecular formula is C18H29F2IN4O. The number of rotatable bonds is 8. The van der Waals surface area contributed by atoms with Gasteiger partial charge in [-0.2, -0.15) is 0 Å². The Bertz CT molecular complexity index is 595. The number of carbonyl (C=O) groups is 1. The smallest absolute Gasteiger partial charge is 0.242 e. The van der Waals surface area contributed by atoms with Crippen molar-refractivity contribution in [3.63, 3.8) is 0 Å². The summed E-state index contributed by atoms with van der Waals surface area (Å²) in [7, 11) is 1.78. The number of halogens is 3. The van der Waals surface area contributed by atoms with Gasteiger partial charge in [-0.15, -0.1) is 24.0 Å². The first kappa shape index (κ1) is 24.6. The topological polar surface area (TPSA) is 47.9 Å². The Labute approximate surface area is 171 Å². The normalized spacial score (nSPS) is 10.9. The average Bonchev–Trinajstić information content (AvgIpc) is 2.58. The molecular weight excluding hydrogens is 453 g/mol. The van der Waals surface area contributed by atoms with Gasteiger partial charge in [0.25, 0.3) is 0 Å². The van der Waals surface area contributed by atoms with Crippen molar-refractivity contribution in [2.75, 3.05) is 39.8 Å². The van der Waals surface area contributed by atoms with Gasteiger partial charge < -0.3 is 15.1 Å². The number of nitrogens with zero attached hydrogens (tertiary/aromatic N) is 3. The van der Waals surface area contributed by atoms with Gasteiger partial charge in [0.15, 0.2) is 17.6 Å². The standard InChI is InChI=1S/C18H28F2N4O.HI/c1-5-21-18(23(4)13-16(25)24(6-2)7-3)22-12-11-14-9-8-10-15(19)17(14)20;/h8-10H,5-7,11-13H2,1-4H3,(H,21,22);1H. The molecule has 1 aromatic rings. The minimum absolute atomic E-state index is 0. The van der Waals surface area contributed by atoms with Crippen LogP contribution in [0.4, 0.5) is 8.78 Å². The molecule has 1 N–H and O–H groups in total. The molecule has 1 amide bonds. The van der Waals surface area contributed by atoms with E-state index in [2.05, 4.69) is 10.3 Å². The van der Waals surface area contributed by atoms with E-state index in [1.807, 2.05) is 20.8 Å². The number of amides is 1. The first-order chi connectivity index (χ1) is 11.9. The van der Waals surface area contributed by atoms with E-state index in [1.54, 1.807) is 22.9 Å². The molecule has 5 nitrogen and oxygen atoms in total. The zero-order valence-electron chi connectivity index (χ0n) is 15.9. The van der Waals surface area contributed by atoms with E-state index in [9.17, 15) is 13.6 Å². The first-order valence-corrected chi connectivity index (χ1v) is 8.64. The van der Waals surface area contributed by atoms with Crippen LogP contribution in [-0.4, -0.2) is 61.4 Å². The van der Waals surface area contributed by atoms with Crippen LogP contribution < -0.4 is 5.32 Å². The van der Waals surface area contributed by atoms with Crippen molar-refractivity contribution in [3.8, 4) is 0 Å². The van der Waals surface area contributed by atoms with E-state index in [-0.39, 0.29) is 42.8 Å². The van der Waals surface area contributed by atoms with Gasteiger partial charge in [0.05, 0.1) is 6.54 Å². The summed E-state index contributed by atoms with van der Waals surface area (Å²) in [6.45, 7) is 8.29. The molecule has 0 bridgehead atoms. The van der Waals surface area contributed by atoms with Crippen molar-refractivity contribution in [2.45, 2.75) is 27.2 Å². The predicted octanol–water partition coefficient (Wildman–Crippen LogP) is 2.89. The number of hydrogen-bond acceptors (Lipinski definition) is 2. The molecule has 0 spiro atoms. The van der Waals surface area contributed by atoms with Crippen LogP contribution in [0.5, 0.6) is 0 Å². The molecule has 1 aromatic carbocycles. The van der Waals surface area contributed by atoms with Crippen molar-refractivity contribution >= 4 is 35.8 Å². The highest BCUT2D eigenvalue weighted by molar-refractivity contribution is 14.0. The quantitative estimate of drug-likeness (QED) is 0.352. The number of hydrogen-bond donors (Lipinski definition) is 1. The lowest BCUT2D eigenvalue weighted by Gasteiger charge is -2.25. The van der Waals surface area contributed by atoms with Gasteiger partial charge in [-0.05, 0) is 38.8 Å². The van der Waals surface area contributed by atoms with Crippen LogP contribution in [0, 0.1) is 11.6 Å². The molecule has 0 unspecified atom stereocenters. The Balaban J connectivity index is 0.00000625. The molecule has 0 saturated heterocycles. The summed E-state index contributed by atoms with van der Waals surface area (Å²) < 4.78 is 26.9. The van der Waals surface area contributed by atoms with Crippen molar-refractivity contribution in [3.05, 3.63) is 35.4 Å². The van der Waals surface area contributed by atoms with Crippen molar-refractivity contribution in [1.82, 2.24) is 15.1 Å². The van der Waals surface area contributed by atoms with Gasteiger partial charge >= 0.3 is 0 Å². The van der Waals surface area contributed by atoms with E-state index in [0.29, 0.717) is 37.7 Å². The minimum atomic E-state index is -0.852. The molecule has 1 rings (SSSR count). The third kappa shape index (κ3) is 7.43. The molecule has 0 aliphatic heterocycles. The van der Waals surface area contributed by atoms with Crippen LogP contribution in [0.15, 0.2) is 23.2 Å². The Morgan fingerprint density at radius 2 is 1.85 bits per heavy atom. The summed E-state index contributed by atoms with van der Waals surface area (Å²) >= 11 is 0. The molecule has 0 aliphatic rings. The maximum absolute atomic E-state index is 13.7. The number of benzene rings is 1. The fourth-order valence-electron chi connectivity index (χ4n) is 2.45. The largest absolute Gasteiger partial charge is 0.357 e. The fraction of sp³-hybridized carbons (Fsp3) is 0.556. The van der Waals surface area contributed by atoms with Gasteiger partial charge in [0, 0.05) is 33.2 Å². The summed E-state index contributed by atoms with van der Waals surface area (Å²) in [6.07, 6.45) is 0.288. The highest BCUT2D eigenvalue weighted by Crippen LogP contribution is 2.11. The van der Waals surface area contributed by atoms with Gasteiger partial charge in [0.2, 0.25) is 5.91 Å². The van der Waals surface area contributed by atoms with E-state index in [0.717, 1.165) is 6.07 Å². The molecule has 0 atom stereocenters. The molecule has 148 valence electrons. The molecule has 26 heavy (non-hydrogen) atoms. The van der Waals surface area contributed by atoms with Crippen LogP contribution in [0.25, 0.3) is 0 Å². The predicted molar refractivity (Wildman–Crippen MR) is 112 cm³/mol. The van der Waals surface area contributed by atoms with E-state index in [4.69, 9.17) is 0 Å². The van der Waals surface area contributed by atoms with Gasteiger partial charge in [-0.1, -0.05) is 12.1 Å². The molecule has 0 aliphatic carbocycles. The van der Waals surface area contributed by atoms with E-state index < -0.39 is 11.6 Å². The van der Waals surface area contributed by atoms with Crippen LogP contribution in [0.1, 0.15) is 26.3 Å². The molecule has 8 heteroatoms. The maximum Gasteiger partial charge on any atom is 0.242 e. The molecule has 0 heterocycles. The monoisotopic (exact) mass is 482 g/mol. The molecule has 0 saturated carbocycles. The van der Waals surface area contributed by atoms with Crippen LogP contribution in [0.3, 0.4) is 0 Å². The van der Waals surface area contributed by atoms with Crippen LogP contribution in [0.2, 0.25) is 0 Å². The number of guanidine groups is 1. The average molecular weight is 482 g/mol. The summed E-state index contributed by atoms with van der Waals surface area (Å²) in [5, 5.41) is 3.11. The summed E-state index contributed by atoms with van der Waals surface area (Å²) in [6, 6.07) is 4.13. The second-order valence-electron chi connectivity index (χ2n) is 5.62. The highest BCUT2D eigenvalue weighted by Gasteiger charge is 2.15. The number of likely N-dealkylation sites (N-methyl/N-ethyl adjacent to an activating group) is 2. The van der Waals surface area contributed by atoms with Crippen molar-refractivity contribution in [2.24, 2.45) is 4.99 Å². The lowest BCUT2D eigenvalue weighted by Crippen LogP contribution is -2.45. The molecule has 0 fully saturated rings. The zero-order chi connectivity index (χ0) is 18.8. The van der Waals surface area contributed by atoms with Crippen molar-refractivity contribution < 1.29 is 13.6 Å². The van der Waals surface area contributed by atoms with Crippen molar-refractivity contribution in [1.29, 1.82) is 0 Å². The third-order valence-corrected chi connectivity index (χ3v) is 3.86. The minimum Gasteiger partial charge on any atom is -0.357 e. The summed E-state index contributed by atoms with van der Waals surface area (Å²) in [5.41, 5.74) is 0.293. The van der Waals surface area contributed by atoms with E-state index in [1.165, 1.54) is 6.07 Å². The van der Waals surface area contributed by atoms with Gasteiger partial charge in [-0.25, -0.2) is 8.78 Å². The first-order valence-electron chi connectivity index (χ1n) is 8.64. The SMILES string of the molecule is CCNC(=NCCc1cccc(F)c1F)N(C)CC(=O)N(CC)CC.I. The van der Waals surface area contributed by atoms with Crippen LogP contribution >= 0.6 is 24.0 Å². The Hall–Kier alpha value is -1.45. The lowest BCUT2D eigenvalue weighted by atomic mass is 10.1. The highest BCUT2D eigenvalue weighted by atomic mass is 127. The number of nitrogens with one attached hydrogen (secondary N) is 1. The lowest BCUT2D eigenvalue weighted by molar-refractivity contribution is -0.131. The number of carbonyl (C=O) groups excluding carboxylic acids is 1. The van der Waals surface area contributed by atoms with Gasteiger partial charge in [-0.3, -0.25) is 9.79 Å². The van der Waals surface area contributed by atoms with E-state index >= 15 is 0 Å². The van der Waals surface area contributed by atoms with Crippen LogP contribution in [-0.2, 0) is 11.2 Å². The Kier molecular flexibility index (Phi) is 12.1.